The van der Waals surface area contributed by atoms with E-state index in [-0.39, 0.29) is 34.6 Å². The molecule has 0 fully saturated rings. The fraction of sp³-hybridized carbons (Fsp3) is 0.771. The van der Waals surface area contributed by atoms with Crippen LogP contribution in [0.3, 0.4) is 0 Å². The Bertz CT molecular complexity index is 2200. The van der Waals surface area contributed by atoms with E-state index in [0.29, 0.717) is 55.2 Å². The summed E-state index contributed by atoms with van der Waals surface area (Å²) in [5.74, 6) is -0.246. The first-order chi connectivity index (χ1) is 31.4. The lowest BCUT2D eigenvalue weighted by Crippen LogP contribution is -2.39. The third kappa shape index (κ3) is 18.8. The molecular formula is C48H82N8O9. The van der Waals surface area contributed by atoms with Gasteiger partial charge in [0.2, 0.25) is 0 Å². The van der Waals surface area contributed by atoms with Gasteiger partial charge in [-0.1, -0.05) is 116 Å². The van der Waals surface area contributed by atoms with E-state index in [0.717, 1.165) is 90.1 Å². The predicted molar refractivity (Wildman–Crippen MR) is 256 cm³/mol. The summed E-state index contributed by atoms with van der Waals surface area (Å²) < 4.78 is 20.1. The molecule has 4 heterocycles. The normalized spacial score (nSPS) is 12.0. The molecule has 0 saturated heterocycles. The zero-order valence-corrected chi connectivity index (χ0v) is 41.0. The standard InChI is InChI=1S/C28H48N4O5.C20H34N4O4/c1-5-6-7-8-14-17-20-36-21-24(37-23(2)33)18-15-12-10-9-11-13-16-19-32-27(34)25-26(29-22-30(25)3)31(4)28(32)35;1-4-27-28-15-13-11-9-7-5-6-8-10-12-14-24-19(25)17-18(21-16-22(17)2)23(3)20(24)26/h22,24H,5-21H2,1-4H3;16H,4-15H2,1-3H3. The molecule has 0 aromatic carbocycles. The number of rotatable bonds is 34. The molecular weight excluding hydrogens is 833 g/mol. The van der Waals surface area contributed by atoms with Crippen molar-refractivity contribution in [1.82, 2.24) is 37.4 Å². The van der Waals surface area contributed by atoms with Crippen molar-refractivity contribution < 1.29 is 24.0 Å². The van der Waals surface area contributed by atoms with Gasteiger partial charge in [0.1, 0.15) is 6.10 Å². The summed E-state index contributed by atoms with van der Waals surface area (Å²) in [6.07, 6.45) is 28.5. The predicted octanol–water partition coefficient (Wildman–Crippen LogP) is 7.78. The fourth-order valence-electron chi connectivity index (χ4n) is 8.13. The molecule has 65 heavy (non-hydrogen) atoms. The number of aryl methyl sites for hydroxylation is 4. The molecule has 0 saturated carbocycles. The number of imidazole rings is 2. The summed E-state index contributed by atoms with van der Waals surface area (Å²) >= 11 is 0. The third-order valence-electron chi connectivity index (χ3n) is 11.9. The molecule has 368 valence electrons. The van der Waals surface area contributed by atoms with Crippen molar-refractivity contribution in [1.29, 1.82) is 0 Å². The maximum Gasteiger partial charge on any atom is 0.332 e. The van der Waals surface area contributed by atoms with Gasteiger partial charge in [-0.25, -0.2) is 29.3 Å². The Kier molecular flexibility index (Phi) is 26.7. The van der Waals surface area contributed by atoms with E-state index in [1.165, 1.54) is 89.4 Å². The number of hydrogen-bond acceptors (Lipinski definition) is 11. The first-order valence-electron chi connectivity index (χ1n) is 24.6. The highest BCUT2D eigenvalue weighted by Gasteiger charge is 2.16. The lowest BCUT2D eigenvalue weighted by molar-refractivity contribution is -0.291. The number of ether oxygens (including phenoxy) is 2. The van der Waals surface area contributed by atoms with Crippen LogP contribution in [0.5, 0.6) is 0 Å². The van der Waals surface area contributed by atoms with E-state index in [4.69, 9.17) is 19.2 Å². The first kappa shape index (κ1) is 55.0. The molecule has 17 heteroatoms. The molecule has 0 aliphatic rings. The number of hydrogen-bond donors (Lipinski definition) is 0. The Balaban J connectivity index is 0.000000359. The second-order valence-corrected chi connectivity index (χ2v) is 17.4. The number of carbonyl (C=O) groups excluding carboxylic acids is 1. The van der Waals surface area contributed by atoms with Crippen molar-refractivity contribution in [2.24, 2.45) is 28.2 Å². The highest BCUT2D eigenvalue weighted by atomic mass is 17.2. The number of carbonyl (C=O) groups is 1. The summed E-state index contributed by atoms with van der Waals surface area (Å²) in [6, 6.07) is 0. The topological polar surface area (TPSA) is 178 Å². The highest BCUT2D eigenvalue weighted by molar-refractivity contribution is 5.70. The van der Waals surface area contributed by atoms with Crippen LogP contribution in [0.25, 0.3) is 22.3 Å². The molecule has 0 bridgehead atoms. The van der Waals surface area contributed by atoms with Gasteiger partial charge in [0.15, 0.2) is 22.3 Å². The van der Waals surface area contributed by atoms with Gasteiger partial charge in [-0.2, -0.15) is 0 Å². The van der Waals surface area contributed by atoms with E-state index in [1.807, 2.05) is 6.92 Å². The van der Waals surface area contributed by atoms with Crippen LogP contribution in [0, 0.1) is 0 Å². The monoisotopic (exact) mass is 915 g/mol. The molecule has 1 atom stereocenters. The fourth-order valence-corrected chi connectivity index (χ4v) is 8.13. The van der Waals surface area contributed by atoms with Crippen LogP contribution in [-0.2, 0) is 65.3 Å². The van der Waals surface area contributed by atoms with Crippen molar-refractivity contribution in [3.8, 4) is 0 Å². The number of nitrogens with zero attached hydrogens (tertiary/aromatic N) is 8. The molecule has 0 aliphatic carbocycles. The molecule has 4 aromatic rings. The van der Waals surface area contributed by atoms with Crippen molar-refractivity contribution in [3.05, 3.63) is 54.3 Å². The van der Waals surface area contributed by atoms with Crippen molar-refractivity contribution in [3.63, 3.8) is 0 Å². The van der Waals surface area contributed by atoms with Crippen LogP contribution in [0.4, 0.5) is 0 Å². The second kappa shape index (κ2) is 31.5. The van der Waals surface area contributed by atoms with Gasteiger partial charge in [0.05, 0.1) is 32.5 Å². The summed E-state index contributed by atoms with van der Waals surface area (Å²) in [5, 5.41) is 0. The van der Waals surface area contributed by atoms with Crippen LogP contribution in [0.2, 0.25) is 0 Å². The third-order valence-corrected chi connectivity index (χ3v) is 11.9. The van der Waals surface area contributed by atoms with E-state index >= 15 is 0 Å². The summed E-state index contributed by atoms with van der Waals surface area (Å²) in [5.41, 5.74) is 0.699. The van der Waals surface area contributed by atoms with Gasteiger partial charge in [0.25, 0.3) is 11.1 Å². The molecule has 0 aliphatic heterocycles. The zero-order chi connectivity index (χ0) is 47.4. The molecule has 4 aromatic heterocycles. The van der Waals surface area contributed by atoms with Crippen LogP contribution < -0.4 is 22.5 Å². The minimum atomic E-state index is -0.311. The minimum absolute atomic E-state index is 0.157. The lowest BCUT2D eigenvalue weighted by atomic mass is 10.1. The van der Waals surface area contributed by atoms with E-state index < -0.39 is 0 Å². The van der Waals surface area contributed by atoms with Crippen molar-refractivity contribution >= 4 is 28.3 Å². The first-order valence-corrected chi connectivity index (χ1v) is 24.6. The SMILES string of the molecule is CCCCCCCCOCC(CCCCCCCCCn1c(=O)c2c(ncn2C)n(C)c1=O)OC(C)=O.CCOOCCCCCCCCCCCn1c(=O)c2c(ncn2C)n(C)c1=O. The zero-order valence-electron chi connectivity index (χ0n) is 41.0. The van der Waals surface area contributed by atoms with Crippen LogP contribution in [0.1, 0.15) is 168 Å². The van der Waals surface area contributed by atoms with E-state index in [9.17, 15) is 24.0 Å². The number of aromatic nitrogens is 8. The van der Waals surface area contributed by atoms with Gasteiger partial charge in [0, 0.05) is 54.8 Å². The maximum atomic E-state index is 12.7. The largest absolute Gasteiger partial charge is 0.460 e. The van der Waals surface area contributed by atoms with E-state index in [2.05, 4.69) is 16.9 Å². The smallest absolute Gasteiger partial charge is 0.332 e. The van der Waals surface area contributed by atoms with Gasteiger partial charge < -0.3 is 18.6 Å². The van der Waals surface area contributed by atoms with Crippen molar-refractivity contribution in [2.75, 3.05) is 26.4 Å². The summed E-state index contributed by atoms with van der Waals surface area (Å²) in [7, 11) is 6.86. The molecule has 17 nitrogen and oxygen atoms in total. The molecule has 0 N–H and O–H groups in total. The van der Waals surface area contributed by atoms with Gasteiger partial charge >= 0.3 is 17.3 Å². The Morgan fingerprint density at radius 3 is 1.42 bits per heavy atom. The Morgan fingerprint density at radius 1 is 0.554 bits per heavy atom. The van der Waals surface area contributed by atoms with Gasteiger partial charge in [-0.3, -0.25) is 32.7 Å². The van der Waals surface area contributed by atoms with Gasteiger partial charge in [-0.15, -0.1) is 0 Å². The quantitative estimate of drug-likeness (QED) is 0.0194. The molecule has 4 rings (SSSR count). The average molecular weight is 915 g/mol. The Morgan fingerprint density at radius 2 is 0.969 bits per heavy atom. The number of fused-ring (bicyclic) bond motifs is 2. The molecule has 0 radical (unpaired) electrons. The summed E-state index contributed by atoms with van der Waals surface area (Å²) in [4.78, 5) is 79.9. The van der Waals surface area contributed by atoms with Crippen LogP contribution >= 0.6 is 0 Å². The second-order valence-electron chi connectivity index (χ2n) is 17.4. The van der Waals surface area contributed by atoms with Crippen LogP contribution in [0.15, 0.2) is 31.8 Å². The summed E-state index contributed by atoms with van der Waals surface area (Å²) in [6.45, 7) is 8.98. The van der Waals surface area contributed by atoms with Gasteiger partial charge in [-0.05, 0) is 45.4 Å². The minimum Gasteiger partial charge on any atom is -0.460 e. The molecule has 0 spiro atoms. The number of unbranched alkanes of at least 4 members (excludes halogenated alkanes) is 19. The average Bonchev–Trinajstić information content (AvgIpc) is 3.88. The molecule has 0 amide bonds. The maximum absolute atomic E-state index is 12.7. The lowest BCUT2D eigenvalue weighted by Gasteiger charge is -2.17. The van der Waals surface area contributed by atoms with Crippen molar-refractivity contribution in [2.45, 2.75) is 188 Å². The Hall–Kier alpha value is -4.35. The van der Waals surface area contributed by atoms with Crippen LogP contribution in [-0.4, -0.2) is 75.9 Å². The highest BCUT2D eigenvalue weighted by Crippen LogP contribution is 2.14. The van der Waals surface area contributed by atoms with E-state index in [1.54, 1.807) is 50.0 Å². The molecule has 1 unspecified atom stereocenters. The Labute approximate surface area is 385 Å². The number of esters is 1.